The number of amides is 2. The molecule has 8 N–H and O–H groups in total. The molecule has 38 heavy (non-hydrogen) atoms. The highest BCUT2D eigenvalue weighted by molar-refractivity contribution is 5.98. The molecule has 1 heterocycles. The fraction of sp³-hybridized carbons (Fsp3) is 0.217. The van der Waals surface area contributed by atoms with E-state index in [0.29, 0.717) is 17.5 Å². The number of ether oxygens (including phenoxy) is 1. The van der Waals surface area contributed by atoms with Gasteiger partial charge < -0.3 is 41.5 Å². The molecule has 1 atom stereocenters. The quantitative estimate of drug-likeness (QED) is 0.175. The molecule has 0 saturated carbocycles. The number of hydrogen-bond donors (Lipinski definition) is 6. The van der Waals surface area contributed by atoms with Crippen molar-refractivity contribution in [2.75, 3.05) is 13.7 Å². The fourth-order valence-corrected chi connectivity index (χ4v) is 3.60. The Bertz CT molecular complexity index is 1410. The van der Waals surface area contributed by atoms with Crippen LogP contribution in [0.1, 0.15) is 33.9 Å². The second-order valence-electron chi connectivity index (χ2n) is 7.88. The van der Waals surface area contributed by atoms with Crippen molar-refractivity contribution in [1.29, 1.82) is 0 Å². The van der Waals surface area contributed by atoms with E-state index in [2.05, 4.69) is 15.6 Å². The van der Waals surface area contributed by atoms with Gasteiger partial charge in [-0.05, 0) is 30.3 Å². The Morgan fingerprint density at radius 2 is 1.89 bits per heavy atom. The van der Waals surface area contributed by atoms with Gasteiger partial charge in [0.1, 0.15) is 5.58 Å². The summed E-state index contributed by atoms with van der Waals surface area (Å²) >= 11 is 0. The molecule has 2 aromatic carbocycles. The highest BCUT2D eigenvalue weighted by Gasteiger charge is 2.32. The zero-order chi connectivity index (χ0) is 28.2. The molecular formula is C23H22F3N5O7. The van der Waals surface area contributed by atoms with Crippen molar-refractivity contribution in [3.8, 4) is 11.5 Å². The fourth-order valence-electron chi connectivity index (χ4n) is 3.60. The molecule has 0 aliphatic carbocycles. The molecule has 202 valence electrons. The first-order valence-corrected chi connectivity index (χ1v) is 10.7. The van der Waals surface area contributed by atoms with Gasteiger partial charge in [0.25, 0.3) is 5.91 Å². The van der Waals surface area contributed by atoms with Gasteiger partial charge in [-0.1, -0.05) is 0 Å². The van der Waals surface area contributed by atoms with Crippen molar-refractivity contribution in [2.24, 2.45) is 16.5 Å². The number of nitrogens with two attached hydrogens (primary N) is 2. The number of methoxy groups -OCH3 is 1. The second-order valence-corrected chi connectivity index (χ2v) is 7.88. The van der Waals surface area contributed by atoms with Crippen LogP contribution in [0.3, 0.4) is 0 Å². The number of benzene rings is 2. The number of nitrogens with one attached hydrogen (secondary N) is 2. The smallest absolute Gasteiger partial charge is 0.416 e. The van der Waals surface area contributed by atoms with Gasteiger partial charge in [-0.25, -0.2) is 4.99 Å². The van der Waals surface area contributed by atoms with Crippen LogP contribution in [0.4, 0.5) is 18.9 Å². The molecule has 0 spiro atoms. The van der Waals surface area contributed by atoms with Gasteiger partial charge in [-0.2, -0.15) is 13.2 Å². The number of furan rings is 1. The Morgan fingerprint density at radius 3 is 2.50 bits per heavy atom. The topological polar surface area (TPSA) is 202 Å². The number of rotatable bonds is 9. The number of aliphatic carboxylic acids is 1. The summed E-state index contributed by atoms with van der Waals surface area (Å²) in [5.74, 6) is -4.27. The van der Waals surface area contributed by atoms with Gasteiger partial charge in [0.05, 0.1) is 49.0 Å². The van der Waals surface area contributed by atoms with E-state index in [4.69, 9.17) is 20.6 Å². The molecule has 1 aromatic heterocycles. The number of phenolic OH excluding ortho intramolecular Hbond substituents is 1. The number of nitrogens with zero attached hydrogens (tertiary/aromatic N) is 1. The molecule has 0 bridgehead atoms. The van der Waals surface area contributed by atoms with Crippen molar-refractivity contribution >= 4 is 40.4 Å². The summed E-state index contributed by atoms with van der Waals surface area (Å²) in [6, 6.07) is 3.73. The van der Waals surface area contributed by atoms with Crippen molar-refractivity contribution in [3.63, 3.8) is 0 Å². The van der Waals surface area contributed by atoms with E-state index in [-0.39, 0.29) is 22.6 Å². The zero-order valence-corrected chi connectivity index (χ0v) is 19.6. The third-order valence-corrected chi connectivity index (χ3v) is 5.18. The monoisotopic (exact) mass is 537 g/mol. The molecule has 0 radical (unpaired) electrons. The SMILES string of the molecule is COc1c(O)c(C(CC(=O)O)NC(=O)CNC(=O)c2cc(N=C(N)N)cc(C(F)(F)F)c2)cc2occc12. The van der Waals surface area contributed by atoms with Gasteiger partial charge in [0.2, 0.25) is 5.91 Å². The van der Waals surface area contributed by atoms with Crippen LogP contribution in [-0.2, 0) is 15.8 Å². The van der Waals surface area contributed by atoms with Gasteiger partial charge in [-0.15, -0.1) is 0 Å². The predicted octanol–water partition coefficient (Wildman–Crippen LogP) is 2.13. The normalized spacial score (nSPS) is 12.0. The second kappa shape index (κ2) is 11.0. The number of aromatic hydroxyl groups is 1. The number of carboxylic acid groups (broad SMARTS) is 1. The minimum Gasteiger partial charge on any atom is -0.504 e. The van der Waals surface area contributed by atoms with E-state index < -0.39 is 65.8 Å². The van der Waals surface area contributed by atoms with Crippen molar-refractivity contribution in [2.45, 2.75) is 18.6 Å². The number of guanidine groups is 1. The van der Waals surface area contributed by atoms with Crippen LogP contribution in [0.15, 0.2) is 46.0 Å². The third-order valence-electron chi connectivity index (χ3n) is 5.18. The summed E-state index contributed by atoms with van der Waals surface area (Å²) in [4.78, 5) is 40.1. The van der Waals surface area contributed by atoms with Crippen LogP contribution in [0.5, 0.6) is 11.5 Å². The summed E-state index contributed by atoms with van der Waals surface area (Å²) in [7, 11) is 1.28. The van der Waals surface area contributed by atoms with Crippen LogP contribution in [0.2, 0.25) is 0 Å². The lowest BCUT2D eigenvalue weighted by molar-refractivity contribution is -0.138. The number of hydrogen-bond acceptors (Lipinski definition) is 7. The van der Waals surface area contributed by atoms with E-state index >= 15 is 0 Å². The highest BCUT2D eigenvalue weighted by atomic mass is 19.4. The maximum Gasteiger partial charge on any atom is 0.416 e. The lowest BCUT2D eigenvalue weighted by atomic mass is 10.00. The van der Waals surface area contributed by atoms with Gasteiger partial charge in [0, 0.05) is 11.1 Å². The van der Waals surface area contributed by atoms with Crippen molar-refractivity contribution < 1.29 is 46.9 Å². The number of aliphatic imine (C=N–C) groups is 1. The van der Waals surface area contributed by atoms with Gasteiger partial charge in [0.15, 0.2) is 17.5 Å². The summed E-state index contributed by atoms with van der Waals surface area (Å²) in [6.45, 7) is -0.746. The van der Waals surface area contributed by atoms with Crippen molar-refractivity contribution in [1.82, 2.24) is 10.6 Å². The molecule has 15 heteroatoms. The number of carbonyl (C=O) groups is 3. The first-order valence-electron chi connectivity index (χ1n) is 10.7. The Balaban J connectivity index is 1.81. The molecule has 0 aliphatic heterocycles. The Hall–Kier alpha value is -4.95. The number of phenols is 1. The average Bonchev–Trinajstić information content (AvgIpc) is 3.28. The third kappa shape index (κ3) is 6.43. The summed E-state index contributed by atoms with van der Waals surface area (Å²) in [5.41, 5.74) is 8.60. The highest BCUT2D eigenvalue weighted by Crippen LogP contribution is 2.41. The average molecular weight is 537 g/mol. The van der Waals surface area contributed by atoms with Crippen LogP contribution in [0, 0.1) is 0 Å². The molecule has 12 nitrogen and oxygen atoms in total. The number of carboxylic acids is 1. The largest absolute Gasteiger partial charge is 0.504 e. The van der Waals surface area contributed by atoms with Crippen LogP contribution < -0.4 is 26.8 Å². The molecule has 2 amide bonds. The number of halogens is 3. The van der Waals surface area contributed by atoms with E-state index in [0.717, 1.165) is 6.07 Å². The Labute approximate surface area is 212 Å². The zero-order valence-electron chi connectivity index (χ0n) is 19.6. The summed E-state index contributed by atoms with van der Waals surface area (Å²) in [5, 5.41) is 24.9. The first-order chi connectivity index (χ1) is 17.8. The Kier molecular flexibility index (Phi) is 7.98. The van der Waals surface area contributed by atoms with E-state index in [1.54, 1.807) is 0 Å². The van der Waals surface area contributed by atoms with E-state index in [9.17, 15) is 37.8 Å². The molecule has 3 aromatic rings. The maximum atomic E-state index is 13.2. The number of fused-ring (bicyclic) bond motifs is 1. The lowest BCUT2D eigenvalue weighted by Gasteiger charge is -2.20. The standard InChI is InChI=1S/C23H22F3N5O7/c1-37-20-13-2-3-38-16(13)7-14(19(20)35)15(8-18(33)34)31-17(32)9-29-21(36)10-4-11(23(24,25)26)6-12(5-10)30-22(27)28/h2-7,15,35H,8-9H2,1H3,(H,29,36)(H,31,32)(H,33,34)(H4,27,28,30). The number of carbonyl (C=O) groups excluding carboxylic acids is 2. The van der Waals surface area contributed by atoms with Crippen LogP contribution in [-0.4, -0.2) is 47.6 Å². The van der Waals surface area contributed by atoms with Crippen LogP contribution in [0.25, 0.3) is 11.0 Å². The number of alkyl halides is 3. The van der Waals surface area contributed by atoms with E-state index in [1.165, 1.54) is 25.5 Å². The molecule has 0 aliphatic rings. The van der Waals surface area contributed by atoms with E-state index in [1.807, 2.05) is 0 Å². The predicted molar refractivity (Wildman–Crippen MR) is 127 cm³/mol. The van der Waals surface area contributed by atoms with Gasteiger partial charge in [-0.3, -0.25) is 14.4 Å². The molecule has 0 fully saturated rings. The minimum atomic E-state index is -4.82. The Morgan fingerprint density at radius 1 is 1.18 bits per heavy atom. The minimum absolute atomic E-state index is 0.00897. The molecule has 0 saturated heterocycles. The first kappa shape index (κ1) is 27.6. The van der Waals surface area contributed by atoms with Crippen LogP contribution >= 0.6 is 0 Å². The maximum absolute atomic E-state index is 13.2. The molecule has 1 unspecified atom stereocenters. The molecular weight excluding hydrogens is 515 g/mol. The molecule has 3 rings (SSSR count). The summed E-state index contributed by atoms with van der Waals surface area (Å²) < 4.78 is 50.2. The van der Waals surface area contributed by atoms with Crippen molar-refractivity contribution in [3.05, 3.63) is 53.3 Å². The van der Waals surface area contributed by atoms with Gasteiger partial charge >= 0.3 is 12.1 Å². The summed E-state index contributed by atoms with van der Waals surface area (Å²) in [6.07, 6.45) is -4.16. The lowest BCUT2D eigenvalue weighted by Crippen LogP contribution is -2.39.